The number of hydrogen-bond donors (Lipinski definition) is 3. The summed E-state index contributed by atoms with van der Waals surface area (Å²) in [6.45, 7) is 0. The number of fused-ring (bicyclic) bond motifs is 3. The SMILES string of the molecule is NC(=O)c1cnc(Cl)c2c1[nH]c1ccc(C(=O)O)cc12. The molecule has 7 heteroatoms. The highest BCUT2D eigenvalue weighted by Gasteiger charge is 2.16. The summed E-state index contributed by atoms with van der Waals surface area (Å²) in [5.41, 5.74) is 6.73. The van der Waals surface area contributed by atoms with E-state index in [0.29, 0.717) is 21.8 Å². The number of amides is 1. The number of carbonyl (C=O) groups excluding carboxylic acids is 1. The number of aromatic nitrogens is 2. The van der Waals surface area contributed by atoms with Gasteiger partial charge in [-0.05, 0) is 18.2 Å². The van der Waals surface area contributed by atoms with Gasteiger partial charge in [0.2, 0.25) is 0 Å². The van der Waals surface area contributed by atoms with Crippen molar-refractivity contribution in [2.45, 2.75) is 0 Å². The Morgan fingerprint density at radius 1 is 1.35 bits per heavy atom. The first kappa shape index (κ1) is 12.4. The van der Waals surface area contributed by atoms with Crippen LogP contribution in [0.3, 0.4) is 0 Å². The molecule has 4 N–H and O–H groups in total. The number of nitrogens with two attached hydrogens (primary N) is 1. The molecule has 2 heterocycles. The maximum absolute atomic E-state index is 11.4. The summed E-state index contributed by atoms with van der Waals surface area (Å²) in [5, 5.41) is 10.3. The van der Waals surface area contributed by atoms with Gasteiger partial charge in [-0.2, -0.15) is 0 Å². The van der Waals surface area contributed by atoms with Crippen LogP contribution >= 0.6 is 11.6 Å². The molecule has 6 nitrogen and oxygen atoms in total. The summed E-state index contributed by atoms with van der Waals surface area (Å²) < 4.78 is 0. The number of pyridine rings is 1. The van der Waals surface area contributed by atoms with Crippen molar-refractivity contribution in [3.05, 3.63) is 40.7 Å². The first-order valence-corrected chi connectivity index (χ1v) is 6.00. The molecule has 0 aliphatic rings. The van der Waals surface area contributed by atoms with Gasteiger partial charge in [0.05, 0.1) is 16.6 Å². The lowest BCUT2D eigenvalue weighted by Crippen LogP contribution is -2.11. The summed E-state index contributed by atoms with van der Waals surface area (Å²) in [7, 11) is 0. The number of rotatable bonds is 2. The Morgan fingerprint density at radius 3 is 2.75 bits per heavy atom. The molecule has 0 fully saturated rings. The van der Waals surface area contributed by atoms with Crippen LogP contribution in [0.15, 0.2) is 24.4 Å². The maximum Gasteiger partial charge on any atom is 0.335 e. The van der Waals surface area contributed by atoms with Crippen LogP contribution in [0.4, 0.5) is 0 Å². The number of carboxylic acids is 1. The minimum absolute atomic E-state index is 0.124. The lowest BCUT2D eigenvalue weighted by Gasteiger charge is -1.99. The third kappa shape index (κ3) is 1.70. The first-order chi connectivity index (χ1) is 9.49. The number of nitrogens with zero attached hydrogens (tertiary/aromatic N) is 1. The fourth-order valence-electron chi connectivity index (χ4n) is 2.18. The molecule has 0 saturated carbocycles. The summed E-state index contributed by atoms with van der Waals surface area (Å²) >= 11 is 6.06. The minimum atomic E-state index is -1.05. The van der Waals surface area contributed by atoms with Crippen LogP contribution in [-0.2, 0) is 0 Å². The zero-order valence-electron chi connectivity index (χ0n) is 9.98. The number of carbonyl (C=O) groups is 2. The van der Waals surface area contributed by atoms with E-state index in [9.17, 15) is 9.59 Å². The van der Waals surface area contributed by atoms with Gasteiger partial charge < -0.3 is 15.8 Å². The molecule has 100 valence electrons. The Labute approximate surface area is 117 Å². The van der Waals surface area contributed by atoms with Crippen LogP contribution in [-0.4, -0.2) is 27.0 Å². The van der Waals surface area contributed by atoms with E-state index in [-0.39, 0.29) is 16.3 Å². The number of carboxylic acid groups (broad SMARTS) is 1. The van der Waals surface area contributed by atoms with Gasteiger partial charge in [0.15, 0.2) is 0 Å². The summed E-state index contributed by atoms with van der Waals surface area (Å²) in [6, 6.07) is 4.56. The van der Waals surface area contributed by atoms with Crippen LogP contribution in [0, 0.1) is 0 Å². The molecule has 0 saturated heterocycles. The van der Waals surface area contributed by atoms with E-state index in [4.69, 9.17) is 22.4 Å². The van der Waals surface area contributed by atoms with Crippen LogP contribution < -0.4 is 5.73 Å². The van der Waals surface area contributed by atoms with Crippen molar-refractivity contribution in [1.29, 1.82) is 0 Å². The highest BCUT2D eigenvalue weighted by molar-refractivity contribution is 6.37. The van der Waals surface area contributed by atoms with E-state index >= 15 is 0 Å². The van der Waals surface area contributed by atoms with E-state index in [1.807, 2.05) is 0 Å². The van der Waals surface area contributed by atoms with E-state index in [1.165, 1.54) is 18.3 Å². The van der Waals surface area contributed by atoms with Crippen molar-refractivity contribution >= 4 is 45.3 Å². The van der Waals surface area contributed by atoms with Crippen LogP contribution in [0.1, 0.15) is 20.7 Å². The Bertz CT molecular complexity index is 885. The zero-order valence-corrected chi connectivity index (χ0v) is 10.7. The molecule has 0 unspecified atom stereocenters. The van der Waals surface area contributed by atoms with Crippen molar-refractivity contribution in [2.24, 2.45) is 5.73 Å². The second kappa shape index (κ2) is 4.21. The predicted octanol–water partition coefficient (Wildman–Crippen LogP) is 2.17. The summed E-state index contributed by atoms with van der Waals surface area (Å²) in [4.78, 5) is 29.4. The number of primary amides is 1. The molecular formula is C13H8ClN3O3. The number of halogens is 1. The van der Waals surface area contributed by atoms with Gasteiger partial charge in [-0.15, -0.1) is 0 Å². The van der Waals surface area contributed by atoms with E-state index in [1.54, 1.807) is 6.07 Å². The molecule has 0 bridgehead atoms. The van der Waals surface area contributed by atoms with Gasteiger partial charge >= 0.3 is 5.97 Å². The van der Waals surface area contributed by atoms with E-state index in [2.05, 4.69) is 9.97 Å². The molecule has 0 aliphatic carbocycles. The average Bonchev–Trinajstić information content (AvgIpc) is 2.77. The molecule has 1 aromatic carbocycles. The Morgan fingerprint density at radius 2 is 2.10 bits per heavy atom. The van der Waals surface area contributed by atoms with Gasteiger partial charge in [0.1, 0.15) is 5.15 Å². The molecule has 3 aromatic rings. The lowest BCUT2D eigenvalue weighted by atomic mass is 10.1. The quantitative estimate of drug-likeness (QED) is 0.628. The van der Waals surface area contributed by atoms with Gasteiger partial charge in [0.25, 0.3) is 5.91 Å². The van der Waals surface area contributed by atoms with E-state index in [0.717, 1.165) is 0 Å². The monoisotopic (exact) mass is 289 g/mol. The van der Waals surface area contributed by atoms with Crippen molar-refractivity contribution in [3.63, 3.8) is 0 Å². The third-order valence-corrected chi connectivity index (χ3v) is 3.38. The highest BCUT2D eigenvalue weighted by atomic mass is 35.5. The number of aromatic amines is 1. The average molecular weight is 290 g/mol. The highest BCUT2D eigenvalue weighted by Crippen LogP contribution is 2.32. The summed E-state index contributed by atoms with van der Waals surface area (Å²) in [5.74, 6) is -1.68. The standard InChI is InChI=1S/C13H8ClN3O3/c14-11-9-6-3-5(13(19)20)1-2-8(6)17-10(9)7(4-16-11)12(15)18/h1-4,17H,(H2,15,18)(H,19,20). The molecule has 0 aliphatic heterocycles. The fourth-order valence-corrected chi connectivity index (χ4v) is 2.42. The number of H-pyrrole nitrogens is 1. The molecule has 1 amide bonds. The molecular weight excluding hydrogens is 282 g/mol. The largest absolute Gasteiger partial charge is 0.478 e. The van der Waals surface area contributed by atoms with Gasteiger partial charge in [-0.3, -0.25) is 4.79 Å². The Kier molecular flexibility index (Phi) is 2.62. The second-order valence-corrected chi connectivity index (χ2v) is 4.63. The Hall–Kier alpha value is -2.60. The number of benzene rings is 1. The molecule has 0 atom stereocenters. The molecule has 0 spiro atoms. The number of nitrogens with one attached hydrogen (secondary N) is 1. The van der Waals surface area contributed by atoms with Gasteiger partial charge in [-0.1, -0.05) is 11.6 Å². The van der Waals surface area contributed by atoms with Crippen LogP contribution in [0.25, 0.3) is 21.8 Å². The zero-order chi connectivity index (χ0) is 14.4. The van der Waals surface area contributed by atoms with Crippen molar-refractivity contribution in [1.82, 2.24) is 9.97 Å². The van der Waals surface area contributed by atoms with Gasteiger partial charge in [0, 0.05) is 22.5 Å². The topological polar surface area (TPSA) is 109 Å². The smallest absolute Gasteiger partial charge is 0.335 e. The maximum atomic E-state index is 11.4. The van der Waals surface area contributed by atoms with Crippen molar-refractivity contribution < 1.29 is 14.7 Å². The van der Waals surface area contributed by atoms with Gasteiger partial charge in [-0.25, -0.2) is 9.78 Å². The predicted molar refractivity (Wildman–Crippen MR) is 74.1 cm³/mol. The van der Waals surface area contributed by atoms with Crippen molar-refractivity contribution in [2.75, 3.05) is 0 Å². The van der Waals surface area contributed by atoms with Crippen molar-refractivity contribution in [3.8, 4) is 0 Å². The minimum Gasteiger partial charge on any atom is -0.478 e. The fraction of sp³-hybridized carbons (Fsp3) is 0. The lowest BCUT2D eigenvalue weighted by molar-refractivity contribution is 0.0697. The second-order valence-electron chi connectivity index (χ2n) is 4.27. The summed E-state index contributed by atoms with van der Waals surface area (Å²) in [6.07, 6.45) is 1.29. The molecule has 0 radical (unpaired) electrons. The molecule has 20 heavy (non-hydrogen) atoms. The van der Waals surface area contributed by atoms with E-state index < -0.39 is 11.9 Å². The molecule has 3 rings (SSSR count). The third-order valence-electron chi connectivity index (χ3n) is 3.09. The first-order valence-electron chi connectivity index (χ1n) is 5.62. The molecule has 2 aromatic heterocycles. The van der Waals surface area contributed by atoms with Crippen LogP contribution in [0.2, 0.25) is 5.15 Å². The normalized spacial score (nSPS) is 11.1. The number of hydrogen-bond acceptors (Lipinski definition) is 3. The van der Waals surface area contributed by atoms with Crippen LogP contribution in [0.5, 0.6) is 0 Å². The number of aromatic carboxylic acids is 1. The Balaban J connectivity index is 2.49.